The van der Waals surface area contributed by atoms with Gasteiger partial charge in [0.2, 0.25) is 10.0 Å². The minimum Gasteiger partial charge on any atom is -0.381 e. The summed E-state index contributed by atoms with van der Waals surface area (Å²) in [5.74, 6) is -0.574. The summed E-state index contributed by atoms with van der Waals surface area (Å²) in [7, 11) is -3.66. The van der Waals surface area contributed by atoms with Crippen LogP contribution in [0.4, 0.5) is 11.5 Å². The monoisotopic (exact) mass is 509 g/mol. The lowest BCUT2D eigenvalue weighted by Gasteiger charge is -2.16. The zero-order valence-corrected chi connectivity index (χ0v) is 21.2. The standard InChI is InChI=1S/C24H27N7O4S/c1-12(2)26-23(32)20-21(25)28-31-8-7-17(27-22(20)31)15-9-16-11-30(13(3)14-5-6-14)24(33)19(16)18(10-15)29-36(4,34)35/h7-10,12,29H,5-6,11H2,1-4H3,(H2,25,28)(H,26,32). The van der Waals surface area contributed by atoms with Crippen LogP contribution in [-0.2, 0) is 16.6 Å². The van der Waals surface area contributed by atoms with Gasteiger partial charge in [-0.1, -0.05) is 5.57 Å². The first-order valence-electron chi connectivity index (χ1n) is 11.5. The van der Waals surface area contributed by atoms with Gasteiger partial charge in [-0.3, -0.25) is 14.3 Å². The summed E-state index contributed by atoms with van der Waals surface area (Å²) in [6.07, 6.45) is 4.61. The number of carbonyl (C=O) groups excluding carboxylic acids is 2. The van der Waals surface area contributed by atoms with Gasteiger partial charge >= 0.3 is 0 Å². The molecule has 3 heterocycles. The van der Waals surface area contributed by atoms with Gasteiger partial charge in [0.25, 0.3) is 11.8 Å². The lowest BCUT2D eigenvalue weighted by molar-refractivity contribution is 0.0826. The van der Waals surface area contributed by atoms with Crippen molar-refractivity contribution in [2.75, 3.05) is 16.7 Å². The first-order chi connectivity index (χ1) is 16.9. The fourth-order valence-electron chi connectivity index (χ4n) is 4.43. The number of nitrogens with zero attached hydrogens (tertiary/aromatic N) is 4. The van der Waals surface area contributed by atoms with Crippen molar-refractivity contribution < 1.29 is 18.0 Å². The second-order valence-electron chi connectivity index (χ2n) is 9.48. The maximum Gasteiger partial charge on any atom is 0.260 e. The largest absolute Gasteiger partial charge is 0.381 e. The van der Waals surface area contributed by atoms with Crippen molar-refractivity contribution in [3.63, 3.8) is 0 Å². The third-order valence-corrected chi connectivity index (χ3v) is 6.76. The number of nitrogens with one attached hydrogen (secondary N) is 2. The van der Waals surface area contributed by atoms with Gasteiger partial charge in [0.1, 0.15) is 5.56 Å². The molecule has 1 saturated carbocycles. The number of carbonyl (C=O) groups is 2. The molecule has 36 heavy (non-hydrogen) atoms. The molecule has 1 aliphatic carbocycles. The number of aromatic nitrogens is 3. The van der Waals surface area contributed by atoms with E-state index < -0.39 is 10.0 Å². The predicted octanol–water partition coefficient (Wildman–Crippen LogP) is 2.51. The molecule has 4 N–H and O–H groups in total. The highest BCUT2D eigenvalue weighted by molar-refractivity contribution is 7.92. The Bertz CT molecular complexity index is 1580. The molecule has 1 fully saturated rings. The topological polar surface area (TPSA) is 152 Å². The molecule has 2 amide bonds. The smallest absolute Gasteiger partial charge is 0.260 e. The molecule has 1 aromatic carbocycles. The first-order valence-corrected chi connectivity index (χ1v) is 13.4. The van der Waals surface area contributed by atoms with Gasteiger partial charge in [0.15, 0.2) is 11.5 Å². The summed E-state index contributed by atoms with van der Waals surface area (Å²) in [4.78, 5) is 32.4. The average molecular weight is 510 g/mol. The summed E-state index contributed by atoms with van der Waals surface area (Å²) >= 11 is 0. The highest BCUT2D eigenvalue weighted by Crippen LogP contribution is 2.40. The lowest BCUT2D eigenvalue weighted by Crippen LogP contribution is -2.30. The lowest BCUT2D eigenvalue weighted by atomic mass is 10.0. The second kappa shape index (κ2) is 8.33. The van der Waals surface area contributed by atoms with Crippen LogP contribution < -0.4 is 15.8 Å². The zero-order valence-electron chi connectivity index (χ0n) is 20.4. The third-order valence-electron chi connectivity index (χ3n) is 6.17. The van der Waals surface area contributed by atoms with Gasteiger partial charge in [-0.25, -0.2) is 17.9 Å². The van der Waals surface area contributed by atoms with Crippen molar-refractivity contribution in [2.45, 2.75) is 46.2 Å². The Labute approximate surface area is 208 Å². The predicted molar refractivity (Wildman–Crippen MR) is 136 cm³/mol. The molecule has 0 atom stereocenters. The van der Waals surface area contributed by atoms with Crippen molar-refractivity contribution in [2.24, 2.45) is 0 Å². The SMILES string of the molecule is CC(=C1CC1)N1Cc2cc(-c3ccn4nc(N)c(C(=O)NC(C)C)c4n3)cc(NS(C)(=O)=O)c2C1=O. The number of nitrogen functional groups attached to an aromatic ring is 1. The van der Waals surface area contributed by atoms with Crippen LogP contribution in [0.5, 0.6) is 0 Å². The molecule has 0 unspecified atom stereocenters. The van der Waals surface area contributed by atoms with Crippen LogP contribution in [0, 0.1) is 0 Å². The van der Waals surface area contributed by atoms with Gasteiger partial charge in [-0.05, 0) is 57.4 Å². The van der Waals surface area contributed by atoms with Gasteiger partial charge in [0, 0.05) is 23.5 Å². The van der Waals surface area contributed by atoms with Crippen LogP contribution in [0.1, 0.15) is 59.9 Å². The number of rotatable bonds is 6. The molecule has 12 heteroatoms. The van der Waals surface area contributed by atoms with Crippen LogP contribution >= 0.6 is 0 Å². The number of hydrogen-bond acceptors (Lipinski definition) is 7. The molecule has 0 radical (unpaired) electrons. The molecule has 3 aromatic rings. The minimum absolute atomic E-state index is 0.0519. The van der Waals surface area contributed by atoms with Crippen LogP contribution in [0.25, 0.3) is 16.9 Å². The highest BCUT2D eigenvalue weighted by Gasteiger charge is 2.35. The van der Waals surface area contributed by atoms with Crippen molar-refractivity contribution in [1.82, 2.24) is 24.8 Å². The van der Waals surface area contributed by atoms with E-state index in [9.17, 15) is 18.0 Å². The zero-order chi connectivity index (χ0) is 25.9. The molecule has 0 spiro atoms. The second-order valence-corrected chi connectivity index (χ2v) is 11.2. The Balaban J connectivity index is 1.64. The highest BCUT2D eigenvalue weighted by atomic mass is 32.2. The Morgan fingerprint density at radius 2 is 1.94 bits per heavy atom. The molecule has 188 valence electrons. The number of hydrogen-bond donors (Lipinski definition) is 3. The molecular weight excluding hydrogens is 482 g/mol. The minimum atomic E-state index is -3.66. The van der Waals surface area contributed by atoms with Crippen molar-refractivity contribution in [3.8, 4) is 11.3 Å². The molecular formula is C24H27N7O4S. The number of sulfonamides is 1. The van der Waals surface area contributed by atoms with Gasteiger partial charge in [-0.15, -0.1) is 5.10 Å². The van der Waals surface area contributed by atoms with E-state index in [1.54, 1.807) is 23.2 Å². The first kappa shape index (κ1) is 23.8. The van der Waals surface area contributed by atoms with E-state index in [0.29, 0.717) is 28.9 Å². The molecule has 2 aromatic heterocycles. The molecule has 0 bridgehead atoms. The van der Waals surface area contributed by atoms with Crippen LogP contribution in [0.15, 0.2) is 35.7 Å². The van der Waals surface area contributed by atoms with E-state index in [0.717, 1.165) is 24.8 Å². The molecule has 1 aliphatic heterocycles. The van der Waals surface area contributed by atoms with Gasteiger partial charge in [-0.2, -0.15) is 0 Å². The molecule has 0 saturated heterocycles. The van der Waals surface area contributed by atoms with Crippen molar-refractivity contribution >= 4 is 39.0 Å². The summed E-state index contributed by atoms with van der Waals surface area (Å²) in [6, 6.07) is 5.01. The van der Waals surface area contributed by atoms with Crippen molar-refractivity contribution in [3.05, 3.63) is 52.4 Å². The quantitative estimate of drug-likeness (QED) is 0.462. The fraction of sp³-hybridized carbons (Fsp3) is 0.333. The average Bonchev–Trinajstić information content (AvgIpc) is 3.49. The van der Waals surface area contributed by atoms with Crippen LogP contribution in [0.3, 0.4) is 0 Å². The Hall–Kier alpha value is -3.93. The Morgan fingerprint density at radius 1 is 1.22 bits per heavy atom. The Morgan fingerprint density at radius 3 is 2.58 bits per heavy atom. The number of nitrogens with two attached hydrogens (primary N) is 1. The van der Waals surface area contributed by atoms with E-state index in [1.165, 1.54) is 10.1 Å². The van der Waals surface area contributed by atoms with Gasteiger partial charge in [0.05, 0.1) is 29.7 Å². The number of benzene rings is 1. The summed E-state index contributed by atoms with van der Waals surface area (Å²) in [5.41, 5.74) is 10.9. The number of amides is 2. The maximum atomic E-state index is 13.3. The molecule has 2 aliphatic rings. The van der Waals surface area contributed by atoms with E-state index in [2.05, 4.69) is 20.1 Å². The van der Waals surface area contributed by atoms with E-state index >= 15 is 0 Å². The summed E-state index contributed by atoms with van der Waals surface area (Å²) in [5, 5.41) is 6.99. The van der Waals surface area contributed by atoms with Crippen molar-refractivity contribution in [1.29, 1.82) is 0 Å². The normalized spacial score (nSPS) is 15.0. The molecule has 11 nitrogen and oxygen atoms in total. The number of fused-ring (bicyclic) bond motifs is 2. The number of anilines is 2. The summed E-state index contributed by atoms with van der Waals surface area (Å²) < 4.78 is 28.2. The third kappa shape index (κ3) is 4.28. The summed E-state index contributed by atoms with van der Waals surface area (Å²) in [6.45, 7) is 5.93. The van der Waals surface area contributed by atoms with Crippen LogP contribution in [0.2, 0.25) is 0 Å². The fourth-order valence-corrected chi connectivity index (χ4v) is 4.99. The van der Waals surface area contributed by atoms with Crippen LogP contribution in [-0.4, -0.2) is 52.0 Å². The molecule has 5 rings (SSSR count). The van der Waals surface area contributed by atoms with E-state index in [1.807, 2.05) is 26.8 Å². The van der Waals surface area contributed by atoms with Gasteiger partial charge < -0.3 is 16.0 Å². The van der Waals surface area contributed by atoms with E-state index in [-0.39, 0.29) is 40.6 Å². The maximum absolute atomic E-state index is 13.3. The number of allylic oxidation sites excluding steroid dienone is 2. The van der Waals surface area contributed by atoms with E-state index in [4.69, 9.17) is 5.73 Å². The Kier molecular flexibility index (Phi) is 5.51.